The molecule has 1 aromatic heterocycles. The van der Waals surface area contributed by atoms with Gasteiger partial charge >= 0.3 is 5.69 Å². The molecule has 1 aliphatic heterocycles. The van der Waals surface area contributed by atoms with E-state index in [0.717, 1.165) is 15.9 Å². The van der Waals surface area contributed by atoms with Crippen LogP contribution in [0.25, 0.3) is 0 Å². The lowest BCUT2D eigenvalue weighted by molar-refractivity contribution is -0.0996. The Morgan fingerprint density at radius 2 is 1.54 bits per heavy atom. The Kier molecular flexibility index (Phi) is 10.6. The fourth-order valence-electron chi connectivity index (χ4n) is 6.58. The van der Waals surface area contributed by atoms with Crippen LogP contribution in [0.2, 0.25) is 5.04 Å². The number of aryl methyl sites for hydroxylation is 1. The van der Waals surface area contributed by atoms with Gasteiger partial charge in [0.2, 0.25) is 0 Å². The molecule has 0 radical (unpaired) electrons. The number of aliphatic hydroxyl groups excluding tert-OH is 1. The van der Waals surface area contributed by atoms with Crippen molar-refractivity contribution in [1.29, 1.82) is 0 Å². The number of hydrogen-bond acceptors (Lipinski definition) is 7. The number of nitrogens with two attached hydrogens (primary N) is 1. The second-order valence-electron chi connectivity index (χ2n) is 13.1. The van der Waals surface area contributed by atoms with Gasteiger partial charge < -0.3 is 24.7 Å². The lowest BCUT2D eigenvalue weighted by Crippen LogP contribution is -2.69. The van der Waals surface area contributed by atoms with Crippen molar-refractivity contribution in [3.8, 4) is 0 Å². The van der Waals surface area contributed by atoms with E-state index in [1.165, 1.54) is 10.8 Å². The summed E-state index contributed by atoms with van der Waals surface area (Å²) in [6.07, 6.45) is -1.20. The number of benzene rings is 3. The SMILES string of the molecule is Cc1cn([C@H]2C[C@H](C(O)CN)[C@@H](C(COCc3ccccc3)O[Si](c3ccccc3)(c3ccccc3)C(C)(C)C)O2)c(=O)[nH]c1=O. The molecule has 1 saturated heterocycles. The van der Waals surface area contributed by atoms with Gasteiger partial charge in [-0.15, -0.1) is 0 Å². The molecule has 2 unspecified atom stereocenters. The number of nitrogens with zero attached hydrogens (tertiary/aromatic N) is 1. The number of nitrogens with one attached hydrogen (secondary N) is 1. The molecule has 46 heavy (non-hydrogen) atoms. The second-order valence-corrected chi connectivity index (χ2v) is 17.3. The van der Waals surface area contributed by atoms with Crippen molar-refractivity contribution >= 4 is 18.7 Å². The third-order valence-electron chi connectivity index (χ3n) is 8.91. The molecule has 0 spiro atoms. The van der Waals surface area contributed by atoms with Crippen LogP contribution in [-0.2, 0) is 20.5 Å². The summed E-state index contributed by atoms with van der Waals surface area (Å²) in [4.78, 5) is 27.5. The lowest BCUT2D eigenvalue weighted by Gasteiger charge is -2.46. The topological polar surface area (TPSA) is 129 Å². The average molecular weight is 644 g/mol. The van der Waals surface area contributed by atoms with Gasteiger partial charge in [0.05, 0.1) is 31.5 Å². The third-order valence-corrected chi connectivity index (χ3v) is 14.0. The highest BCUT2D eigenvalue weighted by Crippen LogP contribution is 2.42. The number of aliphatic hydroxyl groups is 1. The van der Waals surface area contributed by atoms with Crippen LogP contribution < -0.4 is 27.4 Å². The summed E-state index contributed by atoms with van der Waals surface area (Å²) in [5, 5.41) is 13.1. The van der Waals surface area contributed by atoms with Gasteiger partial charge in [-0.3, -0.25) is 14.3 Å². The lowest BCUT2D eigenvalue weighted by atomic mass is 9.91. The molecule has 2 heterocycles. The summed E-state index contributed by atoms with van der Waals surface area (Å²) in [5.74, 6) is -0.474. The van der Waals surface area contributed by atoms with Gasteiger partial charge in [-0.25, -0.2) is 4.79 Å². The van der Waals surface area contributed by atoms with Crippen molar-refractivity contribution in [2.24, 2.45) is 11.7 Å². The molecule has 1 fully saturated rings. The first-order valence-corrected chi connectivity index (χ1v) is 17.7. The van der Waals surface area contributed by atoms with Crippen molar-refractivity contribution in [2.45, 2.75) is 70.3 Å². The Balaban J connectivity index is 1.61. The van der Waals surface area contributed by atoms with Gasteiger partial charge in [0.25, 0.3) is 13.9 Å². The predicted octanol–water partition coefficient (Wildman–Crippen LogP) is 3.23. The van der Waals surface area contributed by atoms with E-state index in [2.05, 4.69) is 50.0 Å². The molecule has 3 aromatic carbocycles. The zero-order valence-corrected chi connectivity index (χ0v) is 28.0. The smallest absolute Gasteiger partial charge is 0.330 e. The maximum absolute atomic E-state index is 13.0. The maximum Gasteiger partial charge on any atom is 0.330 e. The molecule has 4 aromatic rings. The van der Waals surface area contributed by atoms with Crippen LogP contribution >= 0.6 is 0 Å². The van der Waals surface area contributed by atoms with Gasteiger partial charge in [0.15, 0.2) is 0 Å². The first kappa shape index (κ1) is 33.7. The zero-order valence-electron chi connectivity index (χ0n) is 27.0. The maximum atomic E-state index is 13.0. The van der Waals surface area contributed by atoms with E-state index >= 15 is 0 Å². The highest BCUT2D eigenvalue weighted by molar-refractivity contribution is 6.99. The Labute approximate surface area is 271 Å². The minimum absolute atomic E-state index is 0.00754. The highest BCUT2D eigenvalue weighted by atomic mass is 28.4. The van der Waals surface area contributed by atoms with E-state index < -0.39 is 50.0 Å². The predicted molar refractivity (Wildman–Crippen MR) is 182 cm³/mol. The second kappa shape index (κ2) is 14.4. The molecule has 10 heteroatoms. The van der Waals surface area contributed by atoms with Crippen molar-refractivity contribution in [2.75, 3.05) is 13.2 Å². The number of aromatic nitrogens is 2. The number of ether oxygens (including phenoxy) is 2. The molecule has 4 N–H and O–H groups in total. The van der Waals surface area contributed by atoms with Crippen LogP contribution in [-0.4, -0.2) is 54.4 Å². The van der Waals surface area contributed by atoms with Crippen LogP contribution in [0.3, 0.4) is 0 Å². The molecule has 244 valence electrons. The Hall–Kier alpha value is -3.64. The fourth-order valence-corrected chi connectivity index (χ4v) is 11.3. The summed E-state index contributed by atoms with van der Waals surface area (Å²) in [7, 11) is -3.10. The van der Waals surface area contributed by atoms with Crippen molar-refractivity contribution in [3.05, 3.63) is 129 Å². The van der Waals surface area contributed by atoms with E-state index in [1.54, 1.807) is 6.92 Å². The summed E-state index contributed by atoms with van der Waals surface area (Å²) >= 11 is 0. The molecule has 0 saturated carbocycles. The van der Waals surface area contributed by atoms with Crippen LogP contribution in [0.4, 0.5) is 0 Å². The normalized spacial score (nSPS) is 20.0. The molecule has 0 bridgehead atoms. The molecule has 5 atom stereocenters. The highest BCUT2D eigenvalue weighted by Gasteiger charge is 2.54. The van der Waals surface area contributed by atoms with Gasteiger partial charge in [0.1, 0.15) is 6.23 Å². The number of H-pyrrole nitrogens is 1. The van der Waals surface area contributed by atoms with Crippen LogP contribution in [0.1, 0.15) is 44.5 Å². The molecular weight excluding hydrogens is 598 g/mol. The van der Waals surface area contributed by atoms with Gasteiger partial charge in [-0.1, -0.05) is 112 Å². The molecule has 0 aliphatic carbocycles. The number of rotatable bonds is 12. The van der Waals surface area contributed by atoms with Crippen molar-refractivity contribution in [3.63, 3.8) is 0 Å². The van der Waals surface area contributed by atoms with Gasteiger partial charge in [-0.2, -0.15) is 0 Å². The van der Waals surface area contributed by atoms with E-state index in [9.17, 15) is 14.7 Å². The first-order chi connectivity index (χ1) is 22.0. The summed E-state index contributed by atoms with van der Waals surface area (Å²) in [6.45, 7) is 8.79. The van der Waals surface area contributed by atoms with E-state index in [1.807, 2.05) is 66.7 Å². The number of hydrogen-bond donors (Lipinski definition) is 3. The first-order valence-electron chi connectivity index (χ1n) is 15.8. The Morgan fingerprint density at radius 1 is 0.978 bits per heavy atom. The minimum Gasteiger partial charge on any atom is -0.399 e. The summed E-state index contributed by atoms with van der Waals surface area (Å²) in [5.41, 5.74) is 6.42. The van der Waals surface area contributed by atoms with Crippen LogP contribution in [0, 0.1) is 12.8 Å². The Morgan fingerprint density at radius 3 is 2.09 bits per heavy atom. The molecule has 1 aliphatic rings. The van der Waals surface area contributed by atoms with Crippen molar-refractivity contribution < 1.29 is 19.0 Å². The third kappa shape index (κ3) is 7.02. The van der Waals surface area contributed by atoms with Gasteiger partial charge in [-0.05, 0) is 27.9 Å². The molecular formula is C36H45N3O6Si. The minimum atomic E-state index is -3.10. The molecule has 0 amide bonds. The largest absolute Gasteiger partial charge is 0.399 e. The molecule has 9 nitrogen and oxygen atoms in total. The van der Waals surface area contributed by atoms with Crippen LogP contribution in [0.5, 0.6) is 0 Å². The van der Waals surface area contributed by atoms with Gasteiger partial charge in [0, 0.05) is 30.6 Å². The standard InChI is InChI=1S/C36H45N3O6Si/c1-25-22-39(35(42)38-34(25)41)32-20-29(30(40)21-37)33(44-32)31(24-43-23-26-14-8-5-9-15-26)45-46(36(2,3)4,27-16-10-6-11-17-27)28-18-12-7-13-19-28/h5-19,22,29-33,40H,20-21,23-24,37H2,1-4H3,(H,38,41,42)/t29-,30?,31?,32-,33+/m1/s1. The Bertz CT molecular complexity index is 1630. The summed E-state index contributed by atoms with van der Waals surface area (Å²) in [6, 6.07) is 30.5. The number of aromatic amines is 1. The monoisotopic (exact) mass is 643 g/mol. The average Bonchev–Trinajstić information content (AvgIpc) is 3.50. The fraction of sp³-hybridized carbons (Fsp3) is 0.389. The van der Waals surface area contributed by atoms with Crippen molar-refractivity contribution in [1.82, 2.24) is 9.55 Å². The summed E-state index contributed by atoms with van der Waals surface area (Å²) < 4.78 is 22.0. The van der Waals surface area contributed by atoms with E-state index in [0.29, 0.717) is 18.6 Å². The van der Waals surface area contributed by atoms with Crippen LogP contribution in [0.15, 0.2) is 107 Å². The van der Waals surface area contributed by atoms with E-state index in [4.69, 9.17) is 19.6 Å². The quantitative estimate of drug-likeness (QED) is 0.202. The molecule has 5 rings (SSSR count). The zero-order chi connectivity index (χ0) is 32.9. The van der Waals surface area contributed by atoms with E-state index in [-0.39, 0.29) is 18.2 Å².